The van der Waals surface area contributed by atoms with E-state index in [0.717, 1.165) is 28.1 Å². The fourth-order valence-corrected chi connectivity index (χ4v) is 3.84. The van der Waals surface area contributed by atoms with E-state index in [2.05, 4.69) is 16.4 Å². The first-order chi connectivity index (χ1) is 12.5. The van der Waals surface area contributed by atoms with Crippen molar-refractivity contribution in [2.45, 2.75) is 13.8 Å². The zero-order chi connectivity index (χ0) is 18.7. The molecule has 1 aromatic heterocycles. The summed E-state index contributed by atoms with van der Waals surface area (Å²) in [6, 6.07) is 13.5. The lowest BCUT2D eigenvalue weighted by atomic mass is 10.1. The van der Waals surface area contributed by atoms with Crippen molar-refractivity contribution >= 4 is 45.8 Å². The Hall–Kier alpha value is -2.32. The van der Waals surface area contributed by atoms with Crippen LogP contribution < -0.4 is 5.32 Å². The summed E-state index contributed by atoms with van der Waals surface area (Å²) in [5, 5.41) is 16.4. The molecule has 0 unspecified atom stereocenters. The molecule has 26 heavy (non-hydrogen) atoms. The topological polar surface area (TPSA) is 48.7 Å². The molecule has 3 aromatic rings. The van der Waals surface area contributed by atoms with E-state index in [0.29, 0.717) is 20.6 Å². The van der Waals surface area contributed by atoms with Gasteiger partial charge in [0.1, 0.15) is 16.6 Å². The summed E-state index contributed by atoms with van der Waals surface area (Å²) < 4.78 is 0. The summed E-state index contributed by atoms with van der Waals surface area (Å²) in [7, 11) is 0. The molecule has 0 atom stereocenters. The molecule has 1 N–H and O–H groups in total. The van der Waals surface area contributed by atoms with Gasteiger partial charge in [-0.25, -0.2) is 4.98 Å². The van der Waals surface area contributed by atoms with Gasteiger partial charge in [0.05, 0.1) is 10.7 Å². The second-order valence-corrected chi connectivity index (χ2v) is 7.44. The number of aryl methyl sites for hydroxylation is 2. The third-order valence-corrected chi connectivity index (χ3v) is 5.33. The van der Waals surface area contributed by atoms with E-state index in [1.54, 1.807) is 18.3 Å². The van der Waals surface area contributed by atoms with Crippen LogP contribution in [0.4, 0.5) is 5.69 Å². The van der Waals surface area contributed by atoms with Crippen molar-refractivity contribution in [2.24, 2.45) is 0 Å². The van der Waals surface area contributed by atoms with Crippen LogP contribution in [0.25, 0.3) is 16.8 Å². The molecule has 0 saturated carbocycles. The molecule has 130 valence electrons. The maximum atomic E-state index is 9.53. The van der Waals surface area contributed by atoms with Gasteiger partial charge in [-0.1, -0.05) is 41.4 Å². The van der Waals surface area contributed by atoms with E-state index in [1.807, 2.05) is 43.5 Å². The van der Waals surface area contributed by atoms with E-state index in [9.17, 15) is 5.26 Å². The molecule has 0 aliphatic carbocycles. The summed E-state index contributed by atoms with van der Waals surface area (Å²) in [4.78, 5) is 4.56. The zero-order valence-electron chi connectivity index (χ0n) is 14.2. The predicted molar refractivity (Wildman–Crippen MR) is 111 cm³/mol. The number of hydrogen-bond acceptors (Lipinski definition) is 4. The normalized spacial score (nSPS) is 11.3. The Balaban J connectivity index is 1.90. The maximum Gasteiger partial charge on any atom is 0.136 e. The molecule has 2 aromatic carbocycles. The number of halogens is 2. The highest BCUT2D eigenvalue weighted by atomic mass is 35.5. The average molecular weight is 400 g/mol. The Bertz CT molecular complexity index is 1010. The van der Waals surface area contributed by atoms with Crippen LogP contribution in [0.5, 0.6) is 0 Å². The average Bonchev–Trinajstić information content (AvgIpc) is 3.07. The van der Waals surface area contributed by atoms with E-state index in [4.69, 9.17) is 23.2 Å². The molecule has 0 aliphatic rings. The van der Waals surface area contributed by atoms with Crippen molar-refractivity contribution in [1.82, 2.24) is 4.98 Å². The van der Waals surface area contributed by atoms with Gasteiger partial charge < -0.3 is 5.32 Å². The van der Waals surface area contributed by atoms with E-state index in [-0.39, 0.29) is 0 Å². The lowest BCUT2D eigenvalue weighted by Gasteiger charge is -2.09. The van der Waals surface area contributed by atoms with Crippen molar-refractivity contribution in [1.29, 1.82) is 5.26 Å². The van der Waals surface area contributed by atoms with Gasteiger partial charge in [0.15, 0.2) is 0 Å². The Labute approximate surface area is 166 Å². The van der Waals surface area contributed by atoms with Crippen LogP contribution in [0, 0.1) is 25.2 Å². The van der Waals surface area contributed by atoms with Gasteiger partial charge in [-0.2, -0.15) is 5.26 Å². The van der Waals surface area contributed by atoms with Crippen molar-refractivity contribution in [2.75, 3.05) is 5.32 Å². The first kappa shape index (κ1) is 18.5. The number of allylic oxidation sites excluding steroid dienone is 1. The maximum absolute atomic E-state index is 9.53. The summed E-state index contributed by atoms with van der Waals surface area (Å²) in [6.07, 6.45) is 1.70. The summed E-state index contributed by atoms with van der Waals surface area (Å²) in [5.41, 5.74) is 5.21. The highest BCUT2D eigenvalue weighted by Gasteiger charge is 2.12. The fourth-order valence-electron chi connectivity index (χ4n) is 2.55. The molecule has 1 heterocycles. The monoisotopic (exact) mass is 399 g/mol. The predicted octanol–water partition coefficient (Wildman–Crippen LogP) is 6.71. The molecule has 6 heteroatoms. The summed E-state index contributed by atoms with van der Waals surface area (Å²) in [6.45, 7) is 4.05. The quantitative estimate of drug-likeness (QED) is 0.495. The number of aromatic nitrogens is 1. The highest BCUT2D eigenvalue weighted by molar-refractivity contribution is 7.11. The first-order valence-corrected chi connectivity index (χ1v) is 9.47. The van der Waals surface area contributed by atoms with E-state index in [1.165, 1.54) is 11.3 Å². The van der Waals surface area contributed by atoms with Gasteiger partial charge >= 0.3 is 0 Å². The first-order valence-electron chi connectivity index (χ1n) is 7.84. The molecule has 0 amide bonds. The van der Waals surface area contributed by atoms with Gasteiger partial charge in [-0.05, 0) is 43.2 Å². The number of thiazole rings is 1. The van der Waals surface area contributed by atoms with Crippen LogP contribution in [-0.2, 0) is 0 Å². The molecule has 3 nitrogen and oxygen atoms in total. The van der Waals surface area contributed by atoms with Gasteiger partial charge in [-0.15, -0.1) is 11.3 Å². The molecule has 0 aliphatic heterocycles. The lowest BCUT2D eigenvalue weighted by molar-refractivity contribution is 1.34. The lowest BCUT2D eigenvalue weighted by Crippen LogP contribution is -1.96. The zero-order valence-corrected chi connectivity index (χ0v) is 16.5. The molecular weight excluding hydrogens is 385 g/mol. The minimum atomic E-state index is 0.467. The molecular formula is C20H15Cl2N3S. The number of para-hydroxylation sites is 1. The Kier molecular flexibility index (Phi) is 5.63. The van der Waals surface area contributed by atoms with Crippen LogP contribution in [0.2, 0.25) is 10.0 Å². The third kappa shape index (κ3) is 3.91. The molecule has 0 fully saturated rings. The smallest absolute Gasteiger partial charge is 0.136 e. The second-order valence-electron chi connectivity index (χ2n) is 5.74. The molecule has 3 rings (SSSR count). The Morgan fingerprint density at radius 3 is 2.58 bits per heavy atom. The van der Waals surface area contributed by atoms with Crippen molar-refractivity contribution in [3.05, 3.63) is 74.2 Å². The number of rotatable bonds is 4. The third-order valence-electron chi connectivity index (χ3n) is 3.90. The summed E-state index contributed by atoms with van der Waals surface area (Å²) in [5.74, 6) is 0. The number of nitrogens with one attached hydrogen (secondary N) is 1. The van der Waals surface area contributed by atoms with E-state index >= 15 is 0 Å². The van der Waals surface area contributed by atoms with Gasteiger partial charge in [0.2, 0.25) is 0 Å². The van der Waals surface area contributed by atoms with Crippen LogP contribution in [0.1, 0.15) is 16.1 Å². The summed E-state index contributed by atoms with van der Waals surface area (Å²) >= 11 is 13.6. The number of anilines is 1. The van der Waals surface area contributed by atoms with Crippen molar-refractivity contribution in [3.8, 4) is 17.3 Å². The van der Waals surface area contributed by atoms with Crippen LogP contribution in [0.15, 0.2) is 48.0 Å². The van der Waals surface area contributed by atoms with Crippen molar-refractivity contribution in [3.63, 3.8) is 0 Å². The SMILES string of the molecule is Cc1cccc(C)c1NC=C(C#N)c1nc(-c2ccc(Cl)cc2Cl)cs1. The largest absolute Gasteiger partial charge is 0.360 e. The number of benzene rings is 2. The molecule has 0 saturated heterocycles. The Morgan fingerprint density at radius 2 is 1.92 bits per heavy atom. The molecule has 0 spiro atoms. The van der Waals surface area contributed by atoms with Crippen LogP contribution in [0.3, 0.4) is 0 Å². The van der Waals surface area contributed by atoms with Gasteiger partial charge in [0, 0.05) is 27.9 Å². The van der Waals surface area contributed by atoms with Crippen LogP contribution >= 0.6 is 34.5 Å². The van der Waals surface area contributed by atoms with Crippen molar-refractivity contribution < 1.29 is 0 Å². The molecule has 0 radical (unpaired) electrons. The highest BCUT2D eigenvalue weighted by Crippen LogP contribution is 2.32. The fraction of sp³-hybridized carbons (Fsp3) is 0.100. The second kappa shape index (κ2) is 7.92. The number of hydrogen-bond donors (Lipinski definition) is 1. The Morgan fingerprint density at radius 1 is 1.19 bits per heavy atom. The standard InChI is InChI=1S/C20H15Cl2N3S/c1-12-4-3-5-13(2)19(12)24-10-14(9-23)20-25-18(11-26-20)16-7-6-15(21)8-17(16)22/h3-8,10-11,24H,1-2H3. The minimum Gasteiger partial charge on any atom is -0.360 e. The van der Waals surface area contributed by atoms with E-state index < -0.39 is 0 Å². The number of nitriles is 1. The minimum absolute atomic E-state index is 0.467. The number of nitrogens with zero attached hydrogens (tertiary/aromatic N) is 2. The van der Waals surface area contributed by atoms with Gasteiger partial charge in [0.25, 0.3) is 0 Å². The van der Waals surface area contributed by atoms with Crippen LogP contribution in [-0.4, -0.2) is 4.98 Å². The van der Waals surface area contributed by atoms with Gasteiger partial charge in [-0.3, -0.25) is 0 Å². The molecule has 0 bridgehead atoms.